The molecular formula is C11H19N5O. The second-order valence-electron chi connectivity index (χ2n) is 4.60. The summed E-state index contributed by atoms with van der Waals surface area (Å²) in [5, 5.41) is 9.52. The SMILES string of the molecule is NC1CCC(C(=O)NCCCc2ncn[nH]2)C1. The topological polar surface area (TPSA) is 96.7 Å². The van der Waals surface area contributed by atoms with Crippen LogP contribution >= 0.6 is 0 Å². The number of carbonyl (C=O) groups is 1. The van der Waals surface area contributed by atoms with Crippen molar-refractivity contribution >= 4 is 5.91 Å². The highest BCUT2D eigenvalue weighted by atomic mass is 16.1. The summed E-state index contributed by atoms with van der Waals surface area (Å²) in [7, 11) is 0. The van der Waals surface area contributed by atoms with Crippen LogP contribution in [0.25, 0.3) is 0 Å². The third-order valence-electron chi connectivity index (χ3n) is 3.20. The van der Waals surface area contributed by atoms with Gasteiger partial charge in [-0.3, -0.25) is 9.89 Å². The quantitative estimate of drug-likeness (QED) is 0.627. The molecule has 1 aromatic heterocycles. The van der Waals surface area contributed by atoms with Crippen molar-refractivity contribution < 1.29 is 4.79 Å². The largest absolute Gasteiger partial charge is 0.356 e. The van der Waals surface area contributed by atoms with Crippen molar-refractivity contribution in [2.45, 2.75) is 38.1 Å². The Morgan fingerprint density at radius 2 is 2.47 bits per heavy atom. The Labute approximate surface area is 100 Å². The van der Waals surface area contributed by atoms with Gasteiger partial charge in [-0.2, -0.15) is 5.10 Å². The third-order valence-corrected chi connectivity index (χ3v) is 3.20. The van der Waals surface area contributed by atoms with Gasteiger partial charge in [0.15, 0.2) is 0 Å². The van der Waals surface area contributed by atoms with Gasteiger partial charge in [-0.15, -0.1) is 0 Å². The predicted octanol–water partition coefficient (Wildman–Crippen LogP) is -0.0191. The normalized spacial score (nSPS) is 23.8. The Hall–Kier alpha value is -1.43. The number of nitrogens with two attached hydrogens (primary N) is 1. The van der Waals surface area contributed by atoms with E-state index in [1.807, 2.05) is 0 Å². The number of aryl methyl sites for hydroxylation is 1. The molecule has 1 aliphatic rings. The van der Waals surface area contributed by atoms with Gasteiger partial charge in [0, 0.05) is 24.9 Å². The molecule has 0 spiro atoms. The molecule has 1 saturated carbocycles. The van der Waals surface area contributed by atoms with Crippen molar-refractivity contribution in [3.05, 3.63) is 12.2 Å². The molecule has 2 rings (SSSR count). The number of H-pyrrole nitrogens is 1. The minimum atomic E-state index is 0.121. The first kappa shape index (κ1) is 12.0. The average molecular weight is 237 g/mol. The molecule has 1 aromatic rings. The van der Waals surface area contributed by atoms with E-state index in [0.29, 0.717) is 6.54 Å². The van der Waals surface area contributed by atoms with Crippen molar-refractivity contribution in [2.75, 3.05) is 6.54 Å². The first-order valence-electron chi connectivity index (χ1n) is 6.13. The second-order valence-corrected chi connectivity index (χ2v) is 4.60. The Morgan fingerprint density at radius 1 is 1.59 bits per heavy atom. The standard InChI is InChI=1S/C11H19N5O/c12-9-4-3-8(6-9)11(17)13-5-1-2-10-14-7-15-16-10/h7-9H,1-6,12H2,(H,13,17)(H,14,15,16). The molecule has 0 aliphatic heterocycles. The van der Waals surface area contributed by atoms with Gasteiger partial charge in [0.05, 0.1) is 0 Å². The second kappa shape index (κ2) is 5.77. The molecule has 0 radical (unpaired) electrons. The molecule has 1 fully saturated rings. The highest BCUT2D eigenvalue weighted by molar-refractivity contribution is 5.78. The van der Waals surface area contributed by atoms with E-state index in [9.17, 15) is 4.79 Å². The van der Waals surface area contributed by atoms with Crippen LogP contribution in [0.2, 0.25) is 0 Å². The Balaban J connectivity index is 1.60. The predicted molar refractivity (Wildman–Crippen MR) is 63.0 cm³/mol. The summed E-state index contributed by atoms with van der Waals surface area (Å²) in [5.41, 5.74) is 5.78. The van der Waals surface area contributed by atoms with Crippen LogP contribution in [-0.2, 0) is 11.2 Å². The zero-order chi connectivity index (χ0) is 12.1. The first-order valence-corrected chi connectivity index (χ1v) is 6.13. The lowest BCUT2D eigenvalue weighted by Gasteiger charge is -2.10. The molecule has 1 heterocycles. The van der Waals surface area contributed by atoms with Crippen LogP contribution in [0, 0.1) is 5.92 Å². The van der Waals surface area contributed by atoms with Crippen LogP contribution in [0.4, 0.5) is 0 Å². The molecule has 1 aliphatic carbocycles. The van der Waals surface area contributed by atoms with Gasteiger partial charge in [0.25, 0.3) is 0 Å². The van der Waals surface area contributed by atoms with Crippen LogP contribution in [0.5, 0.6) is 0 Å². The van der Waals surface area contributed by atoms with Crippen LogP contribution in [0.15, 0.2) is 6.33 Å². The highest BCUT2D eigenvalue weighted by Crippen LogP contribution is 2.23. The fraction of sp³-hybridized carbons (Fsp3) is 0.727. The number of hydrogen-bond acceptors (Lipinski definition) is 4. The summed E-state index contributed by atoms with van der Waals surface area (Å²) in [5.74, 6) is 1.13. The number of carbonyl (C=O) groups excluding carboxylic acids is 1. The summed E-state index contributed by atoms with van der Waals surface area (Å²) >= 11 is 0. The number of rotatable bonds is 5. The molecule has 0 bridgehead atoms. The van der Waals surface area contributed by atoms with E-state index in [1.165, 1.54) is 6.33 Å². The number of aromatic amines is 1. The molecule has 6 nitrogen and oxygen atoms in total. The minimum absolute atomic E-state index is 0.121. The molecule has 2 atom stereocenters. The van der Waals surface area contributed by atoms with Crippen molar-refractivity contribution in [3.8, 4) is 0 Å². The van der Waals surface area contributed by atoms with Gasteiger partial charge >= 0.3 is 0 Å². The fourth-order valence-electron chi connectivity index (χ4n) is 2.22. The molecule has 0 aromatic carbocycles. The molecule has 94 valence electrons. The molecule has 6 heteroatoms. The molecule has 2 unspecified atom stereocenters. The Morgan fingerprint density at radius 3 is 3.12 bits per heavy atom. The van der Waals surface area contributed by atoms with Crippen molar-refractivity contribution in [3.63, 3.8) is 0 Å². The lowest BCUT2D eigenvalue weighted by molar-refractivity contribution is -0.124. The van der Waals surface area contributed by atoms with Gasteiger partial charge in [0.2, 0.25) is 5.91 Å². The molecule has 4 N–H and O–H groups in total. The fourth-order valence-corrected chi connectivity index (χ4v) is 2.22. The monoisotopic (exact) mass is 237 g/mol. The zero-order valence-electron chi connectivity index (χ0n) is 9.85. The first-order chi connectivity index (χ1) is 8.25. The van der Waals surface area contributed by atoms with Crippen LogP contribution in [0.3, 0.4) is 0 Å². The van der Waals surface area contributed by atoms with Crippen molar-refractivity contribution in [2.24, 2.45) is 11.7 Å². The third kappa shape index (κ3) is 3.52. The lowest BCUT2D eigenvalue weighted by Crippen LogP contribution is -2.31. The molecule has 0 saturated heterocycles. The average Bonchev–Trinajstić information content (AvgIpc) is 2.95. The van der Waals surface area contributed by atoms with Gasteiger partial charge < -0.3 is 11.1 Å². The van der Waals surface area contributed by atoms with E-state index < -0.39 is 0 Å². The van der Waals surface area contributed by atoms with Crippen LogP contribution < -0.4 is 11.1 Å². The molecular weight excluding hydrogens is 218 g/mol. The smallest absolute Gasteiger partial charge is 0.223 e. The van der Waals surface area contributed by atoms with Crippen molar-refractivity contribution in [1.82, 2.24) is 20.5 Å². The van der Waals surface area contributed by atoms with Crippen molar-refractivity contribution in [1.29, 1.82) is 0 Å². The van der Waals surface area contributed by atoms with Gasteiger partial charge in [-0.05, 0) is 25.7 Å². The number of nitrogens with zero attached hydrogens (tertiary/aromatic N) is 2. The van der Waals surface area contributed by atoms with Crippen LogP contribution in [-0.4, -0.2) is 33.7 Å². The van der Waals surface area contributed by atoms with Crippen LogP contribution in [0.1, 0.15) is 31.5 Å². The number of nitrogens with one attached hydrogen (secondary N) is 2. The summed E-state index contributed by atoms with van der Waals surface area (Å²) < 4.78 is 0. The number of amides is 1. The summed E-state index contributed by atoms with van der Waals surface area (Å²) in [6.45, 7) is 0.686. The van der Waals surface area contributed by atoms with Gasteiger partial charge in [-0.25, -0.2) is 4.98 Å². The Kier molecular flexibility index (Phi) is 4.08. The lowest BCUT2D eigenvalue weighted by atomic mass is 10.1. The van der Waals surface area contributed by atoms with Gasteiger partial charge in [-0.1, -0.05) is 0 Å². The van der Waals surface area contributed by atoms with E-state index >= 15 is 0 Å². The Bertz CT molecular complexity index is 351. The summed E-state index contributed by atoms with van der Waals surface area (Å²) in [6.07, 6.45) is 5.90. The highest BCUT2D eigenvalue weighted by Gasteiger charge is 2.27. The zero-order valence-corrected chi connectivity index (χ0v) is 9.85. The van der Waals surface area contributed by atoms with E-state index in [1.54, 1.807) is 0 Å². The number of hydrogen-bond donors (Lipinski definition) is 3. The van der Waals surface area contributed by atoms with Gasteiger partial charge in [0.1, 0.15) is 12.2 Å². The molecule has 17 heavy (non-hydrogen) atoms. The summed E-state index contributed by atoms with van der Waals surface area (Å²) in [6, 6.07) is 0.208. The van der Waals surface area contributed by atoms with E-state index in [4.69, 9.17) is 5.73 Å². The maximum absolute atomic E-state index is 11.7. The number of aromatic nitrogens is 3. The van der Waals surface area contributed by atoms with E-state index in [2.05, 4.69) is 20.5 Å². The minimum Gasteiger partial charge on any atom is -0.356 e. The maximum Gasteiger partial charge on any atom is 0.223 e. The maximum atomic E-state index is 11.7. The van der Waals surface area contributed by atoms with E-state index in [-0.39, 0.29) is 17.9 Å². The van der Waals surface area contributed by atoms with E-state index in [0.717, 1.165) is 37.9 Å². The molecule has 1 amide bonds. The summed E-state index contributed by atoms with van der Waals surface area (Å²) in [4.78, 5) is 15.8.